The molecule has 4 rings (SSSR count). The summed E-state index contributed by atoms with van der Waals surface area (Å²) in [6, 6.07) is 9.38. The van der Waals surface area contributed by atoms with Gasteiger partial charge in [-0.05, 0) is 35.7 Å². The Morgan fingerprint density at radius 1 is 1.22 bits per heavy atom. The van der Waals surface area contributed by atoms with Gasteiger partial charge in [0.25, 0.3) is 5.91 Å². The van der Waals surface area contributed by atoms with E-state index in [0.29, 0.717) is 11.9 Å². The Hall–Kier alpha value is -2.95. The average Bonchev–Trinajstić information content (AvgIpc) is 3.01. The minimum absolute atomic E-state index is 0.200. The van der Waals surface area contributed by atoms with Crippen molar-refractivity contribution in [2.24, 2.45) is 0 Å². The number of aryl methyl sites for hydroxylation is 2. The summed E-state index contributed by atoms with van der Waals surface area (Å²) in [6.45, 7) is 1.18. The topological polar surface area (TPSA) is 64.0 Å². The Kier molecular flexibility index (Phi) is 3.19. The highest BCUT2D eigenvalue weighted by Crippen LogP contribution is 2.23. The smallest absolute Gasteiger partial charge is 0.257 e. The maximum absolute atomic E-state index is 12.6. The summed E-state index contributed by atoms with van der Waals surface area (Å²) in [4.78, 5) is 29.0. The van der Waals surface area contributed by atoms with Crippen molar-refractivity contribution in [1.82, 2.24) is 14.9 Å². The van der Waals surface area contributed by atoms with Crippen molar-refractivity contribution in [3.63, 3.8) is 0 Å². The third-order valence-corrected chi connectivity index (χ3v) is 4.25. The molecule has 1 amide bonds. The number of rotatable bonds is 3. The first kappa shape index (κ1) is 13.7. The molecule has 0 spiro atoms. The molecule has 1 aliphatic heterocycles. The summed E-state index contributed by atoms with van der Waals surface area (Å²) >= 11 is 0. The van der Waals surface area contributed by atoms with E-state index in [-0.39, 0.29) is 16.9 Å². The second-order valence-electron chi connectivity index (χ2n) is 5.67. The monoisotopic (exact) mass is 305 g/mol. The number of para-hydroxylation sites is 1. The van der Waals surface area contributed by atoms with Crippen LogP contribution in [0.25, 0.3) is 10.9 Å². The number of hydrogen-bond acceptors (Lipinski definition) is 3. The second kappa shape index (κ2) is 5.35. The molecule has 0 bridgehead atoms. The van der Waals surface area contributed by atoms with Gasteiger partial charge in [-0.1, -0.05) is 12.1 Å². The first-order valence-electron chi connectivity index (χ1n) is 7.56. The molecule has 0 atom stereocenters. The Morgan fingerprint density at radius 3 is 2.87 bits per heavy atom. The van der Waals surface area contributed by atoms with Gasteiger partial charge in [0.2, 0.25) is 5.43 Å². The van der Waals surface area contributed by atoms with Crippen molar-refractivity contribution in [2.45, 2.75) is 19.5 Å². The summed E-state index contributed by atoms with van der Waals surface area (Å²) in [5.74, 6) is -0.338. The van der Waals surface area contributed by atoms with Crippen molar-refractivity contribution in [1.29, 1.82) is 0 Å². The van der Waals surface area contributed by atoms with Crippen LogP contribution in [0.4, 0.5) is 0 Å². The van der Waals surface area contributed by atoms with Gasteiger partial charge < -0.3 is 9.88 Å². The van der Waals surface area contributed by atoms with E-state index >= 15 is 0 Å². The number of nitrogens with zero attached hydrogens (tertiary/aromatic N) is 2. The molecule has 0 saturated carbocycles. The van der Waals surface area contributed by atoms with E-state index in [4.69, 9.17) is 0 Å². The van der Waals surface area contributed by atoms with E-state index in [2.05, 4.69) is 10.3 Å². The van der Waals surface area contributed by atoms with Gasteiger partial charge in [-0.3, -0.25) is 14.6 Å². The van der Waals surface area contributed by atoms with Crippen LogP contribution in [-0.4, -0.2) is 15.5 Å². The van der Waals surface area contributed by atoms with Crippen LogP contribution in [0, 0.1) is 0 Å². The van der Waals surface area contributed by atoms with Crippen molar-refractivity contribution in [2.75, 3.05) is 0 Å². The van der Waals surface area contributed by atoms with E-state index in [1.54, 1.807) is 24.7 Å². The Labute approximate surface area is 132 Å². The largest absolute Gasteiger partial charge is 0.348 e. The highest BCUT2D eigenvalue weighted by atomic mass is 16.2. The Bertz CT molecular complexity index is 961. The van der Waals surface area contributed by atoms with Gasteiger partial charge in [0.15, 0.2) is 0 Å². The quantitative estimate of drug-likeness (QED) is 0.803. The predicted molar refractivity (Wildman–Crippen MR) is 87.3 cm³/mol. The highest BCUT2D eigenvalue weighted by Gasteiger charge is 2.20. The SMILES string of the molecule is O=C(NCc1ccncc1)c1cn2c3c(cccc3c1=O)CC2. The van der Waals surface area contributed by atoms with Gasteiger partial charge in [0, 0.05) is 37.1 Å². The van der Waals surface area contributed by atoms with Crippen molar-refractivity contribution in [3.8, 4) is 0 Å². The van der Waals surface area contributed by atoms with E-state index in [9.17, 15) is 9.59 Å². The van der Waals surface area contributed by atoms with Crippen LogP contribution in [0.1, 0.15) is 21.5 Å². The lowest BCUT2D eigenvalue weighted by Gasteiger charge is -2.09. The van der Waals surface area contributed by atoms with Crippen LogP contribution >= 0.6 is 0 Å². The third kappa shape index (κ3) is 2.30. The molecule has 5 nitrogen and oxygen atoms in total. The zero-order chi connectivity index (χ0) is 15.8. The molecule has 3 aromatic rings. The molecule has 5 heteroatoms. The number of aromatic nitrogens is 2. The lowest BCUT2D eigenvalue weighted by atomic mass is 10.1. The number of carbonyl (C=O) groups excluding carboxylic acids is 1. The highest BCUT2D eigenvalue weighted by molar-refractivity contribution is 5.98. The maximum Gasteiger partial charge on any atom is 0.257 e. The molecule has 0 saturated heterocycles. The molecule has 1 N–H and O–H groups in total. The molecule has 23 heavy (non-hydrogen) atoms. The lowest BCUT2D eigenvalue weighted by Crippen LogP contribution is -2.29. The van der Waals surface area contributed by atoms with Gasteiger partial charge in [0.05, 0.1) is 5.52 Å². The number of nitrogens with one attached hydrogen (secondary N) is 1. The molecule has 1 aliphatic rings. The Balaban J connectivity index is 1.69. The van der Waals surface area contributed by atoms with Gasteiger partial charge in [-0.25, -0.2) is 0 Å². The molecule has 114 valence electrons. The number of carbonyl (C=O) groups is 1. The fraction of sp³-hybridized carbons (Fsp3) is 0.167. The number of benzene rings is 1. The number of amides is 1. The number of hydrogen-bond donors (Lipinski definition) is 1. The molecule has 0 aliphatic carbocycles. The molecular weight excluding hydrogens is 290 g/mol. The van der Waals surface area contributed by atoms with E-state index in [0.717, 1.165) is 24.0 Å². The minimum Gasteiger partial charge on any atom is -0.348 e. The Morgan fingerprint density at radius 2 is 2.04 bits per heavy atom. The summed E-state index contributed by atoms with van der Waals surface area (Å²) in [6.07, 6.45) is 5.94. The molecule has 1 aromatic carbocycles. The molecule has 2 aromatic heterocycles. The van der Waals surface area contributed by atoms with Crippen LogP contribution in [0.3, 0.4) is 0 Å². The summed E-state index contributed by atoms with van der Waals surface area (Å²) in [7, 11) is 0. The zero-order valence-electron chi connectivity index (χ0n) is 12.5. The molecule has 0 unspecified atom stereocenters. The van der Waals surface area contributed by atoms with Crippen LogP contribution in [-0.2, 0) is 19.5 Å². The molecule has 0 radical (unpaired) electrons. The van der Waals surface area contributed by atoms with Gasteiger partial charge >= 0.3 is 0 Å². The maximum atomic E-state index is 12.6. The normalized spacial score (nSPS) is 12.5. The van der Waals surface area contributed by atoms with Crippen molar-refractivity contribution in [3.05, 3.63) is 75.8 Å². The molecular formula is C18H15N3O2. The average molecular weight is 305 g/mol. The van der Waals surface area contributed by atoms with Crippen LogP contribution in [0.15, 0.2) is 53.7 Å². The van der Waals surface area contributed by atoms with E-state index < -0.39 is 0 Å². The molecule has 0 fully saturated rings. The zero-order valence-corrected chi connectivity index (χ0v) is 12.5. The van der Waals surface area contributed by atoms with E-state index in [1.807, 2.05) is 28.8 Å². The minimum atomic E-state index is -0.338. The first-order valence-corrected chi connectivity index (χ1v) is 7.56. The van der Waals surface area contributed by atoms with Crippen molar-refractivity contribution < 1.29 is 4.79 Å². The van der Waals surface area contributed by atoms with E-state index in [1.165, 1.54) is 5.56 Å². The standard InChI is InChI=1S/C18H15N3O2/c22-17-14-3-1-2-13-6-9-21(16(13)14)11-15(17)18(23)20-10-12-4-7-19-8-5-12/h1-5,7-8,11H,6,9-10H2,(H,20,23). The van der Waals surface area contributed by atoms with Crippen molar-refractivity contribution >= 4 is 16.8 Å². The fourth-order valence-corrected chi connectivity index (χ4v) is 3.10. The van der Waals surface area contributed by atoms with Crippen LogP contribution in [0.5, 0.6) is 0 Å². The lowest BCUT2D eigenvalue weighted by molar-refractivity contribution is 0.0949. The third-order valence-electron chi connectivity index (χ3n) is 4.25. The molecule has 3 heterocycles. The summed E-state index contributed by atoms with van der Waals surface area (Å²) < 4.78 is 2.01. The summed E-state index contributed by atoms with van der Waals surface area (Å²) in [5, 5.41) is 3.43. The first-order chi connectivity index (χ1) is 11.2. The number of pyridine rings is 2. The van der Waals surface area contributed by atoms with Gasteiger partial charge in [-0.2, -0.15) is 0 Å². The van der Waals surface area contributed by atoms with Gasteiger partial charge in [0.1, 0.15) is 5.56 Å². The van der Waals surface area contributed by atoms with Crippen LogP contribution in [0.2, 0.25) is 0 Å². The van der Waals surface area contributed by atoms with Crippen LogP contribution < -0.4 is 10.7 Å². The van der Waals surface area contributed by atoms with Gasteiger partial charge in [-0.15, -0.1) is 0 Å². The summed E-state index contributed by atoms with van der Waals surface area (Å²) in [5.41, 5.74) is 3.07. The predicted octanol–water partition coefficient (Wildman–Crippen LogP) is 1.88. The second-order valence-corrected chi connectivity index (χ2v) is 5.67. The fourth-order valence-electron chi connectivity index (χ4n) is 3.10.